The van der Waals surface area contributed by atoms with E-state index in [0.717, 1.165) is 18.4 Å². The normalized spacial score (nSPS) is 25.9. The number of hydrogen-bond acceptors (Lipinski definition) is 1. The molecule has 1 saturated carbocycles. The molecule has 0 saturated heterocycles. The minimum absolute atomic E-state index is 0.122. The second kappa shape index (κ2) is 5.99. The van der Waals surface area contributed by atoms with Crippen molar-refractivity contribution in [1.82, 2.24) is 5.32 Å². The Hall–Kier alpha value is -1.31. The highest BCUT2D eigenvalue weighted by Crippen LogP contribution is 2.25. The maximum absolute atomic E-state index is 12.4. The number of rotatable bonds is 2. The molecule has 0 spiro atoms. The molecule has 108 valence electrons. The van der Waals surface area contributed by atoms with Gasteiger partial charge in [0.05, 0.1) is 0 Å². The van der Waals surface area contributed by atoms with Gasteiger partial charge in [-0.1, -0.05) is 25.8 Å². The Balaban J connectivity index is 1.70. The number of aryl methyl sites for hydroxylation is 2. The minimum Gasteiger partial charge on any atom is -0.349 e. The quantitative estimate of drug-likeness (QED) is 0.869. The highest BCUT2D eigenvalue weighted by Gasteiger charge is 2.23. The molecule has 1 aromatic rings. The van der Waals surface area contributed by atoms with E-state index in [1.165, 1.54) is 49.7 Å². The summed E-state index contributed by atoms with van der Waals surface area (Å²) in [6.07, 6.45) is 9.81. The summed E-state index contributed by atoms with van der Waals surface area (Å²) in [5.41, 5.74) is 3.68. The van der Waals surface area contributed by atoms with E-state index in [1.54, 1.807) is 0 Å². The van der Waals surface area contributed by atoms with E-state index in [1.807, 2.05) is 6.07 Å². The molecule has 1 aromatic carbocycles. The van der Waals surface area contributed by atoms with Crippen molar-refractivity contribution in [1.29, 1.82) is 0 Å². The number of nitrogens with one attached hydrogen (secondary N) is 1. The van der Waals surface area contributed by atoms with Crippen LogP contribution in [0.3, 0.4) is 0 Å². The lowest BCUT2D eigenvalue weighted by atomic mass is 9.85. The van der Waals surface area contributed by atoms with Crippen LogP contribution in [0.25, 0.3) is 0 Å². The van der Waals surface area contributed by atoms with Crippen LogP contribution < -0.4 is 5.32 Å². The fraction of sp³-hybridized carbons (Fsp3) is 0.611. The first-order chi connectivity index (χ1) is 9.74. The van der Waals surface area contributed by atoms with Crippen LogP contribution in [0.5, 0.6) is 0 Å². The predicted molar refractivity (Wildman–Crippen MR) is 82.0 cm³/mol. The maximum Gasteiger partial charge on any atom is 0.251 e. The molecule has 0 bridgehead atoms. The smallest absolute Gasteiger partial charge is 0.251 e. The van der Waals surface area contributed by atoms with Crippen LogP contribution in [-0.2, 0) is 12.8 Å². The standard InChI is InChI=1S/C18H25NO/c1-13-6-2-5-9-17(13)19-18(20)16-11-10-14-7-3-4-8-15(14)12-16/h10-13,17H,2-9H2,1H3,(H,19,20)/t13-,17-/m0/s1. The Morgan fingerprint density at radius 2 is 1.80 bits per heavy atom. The third-order valence-electron chi connectivity index (χ3n) is 5.04. The molecule has 0 radical (unpaired) electrons. The van der Waals surface area contributed by atoms with E-state index in [4.69, 9.17) is 0 Å². The highest BCUT2D eigenvalue weighted by molar-refractivity contribution is 5.94. The highest BCUT2D eigenvalue weighted by atomic mass is 16.1. The summed E-state index contributed by atoms with van der Waals surface area (Å²) in [6.45, 7) is 2.26. The number of amides is 1. The summed E-state index contributed by atoms with van der Waals surface area (Å²) >= 11 is 0. The van der Waals surface area contributed by atoms with E-state index >= 15 is 0 Å². The molecule has 1 fully saturated rings. The Kier molecular flexibility index (Phi) is 4.09. The summed E-state index contributed by atoms with van der Waals surface area (Å²) in [5, 5.41) is 3.25. The fourth-order valence-corrected chi connectivity index (χ4v) is 3.66. The van der Waals surface area contributed by atoms with Gasteiger partial charge in [-0.25, -0.2) is 0 Å². The summed E-state index contributed by atoms with van der Waals surface area (Å²) in [6, 6.07) is 6.66. The molecule has 2 atom stereocenters. The van der Waals surface area contributed by atoms with E-state index in [9.17, 15) is 4.79 Å². The zero-order chi connectivity index (χ0) is 13.9. The summed E-state index contributed by atoms with van der Waals surface area (Å²) in [7, 11) is 0. The molecule has 1 N–H and O–H groups in total. The number of hydrogen-bond donors (Lipinski definition) is 1. The lowest BCUT2D eigenvalue weighted by Crippen LogP contribution is -2.41. The van der Waals surface area contributed by atoms with Crippen molar-refractivity contribution in [3.63, 3.8) is 0 Å². The molecule has 3 rings (SSSR count). The van der Waals surface area contributed by atoms with Crippen LogP contribution in [0.2, 0.25) is 0 Å². The van der Waals surface area contributed by atoms with Gasteiger partial charge in [0.2, 0.25) is 0 Å². The van der Waals surface area contributed by atoms with Gasteiger partial charge in [-0.15, -0.1) is 0 Å². The Labute approximate surface area is 122 Å². The predicted octanol–water partition coefficient (Wildman–Crippen LogP) is 3.87. The van der Waals surface area contributed by atoms with Crippen LogP contribution in [0.1, 0.15) is 66.9 Å². The largest absolute Gasteiger partial charge is 0.349 e. The molecule has 2 heteroatoms. The van der Waals surface area contributed by atoms with Crippen LogP contribution in [-0.4, -0.2) is 11.9 Å². The van der Waals surface area contributed by atoms with Gasteiger partial charge < -0.3 is 5.32 Å². The lowest BCUT2D eigenvalue weighted by molar-refractivity contribution is 0.0910. The molecule has 0 aromatic heterocycles. The fourth-order valence-electron chi connectivity index (χ4n) is 3.66. The number of carbonyl (C=O) groups excluding carboxylic acids is 1. The topological polar surface area (TPSA) is 29.1 Å². The van der Waals surface area contributed by atoms with Crippen LogP contribution in [0.4, 0.5) is 0 Å². The molecular formula is C18H25NO. The van der Waals surface area contributed by atoms with Crippen LogP contribution in [0, 0.1) is 5.92 Å². The molecule has 0 heterocycles. The van der Waals surface area contributed by atoms with Gasteiger partial charge in [-0.05, 0) is 67.7 Å². The molecule has 2 nitrogen and oxygen atoms in total. The van der Waals surface area contributed by atoms with Crippen molar-refractivity contribution in [3.8, 4) is 0 Å². The van der Waals surface area contributed by atoms with Crippen molar-refractivity contribution in [2.45, 2.75) is 64.3 Å². The summed E-state index contributed by atoms with van der Waals surface area (Å²) in [5.74, 6) is 0.738. The SMILES string of the molecule is C[C@H]1CCCC[C@@H]1NC(=O)c1ccc2c(c1)CCCC2. The third-order valence-corrected chi connectivity index (χ3v) is 5.04. The molecule has 0 unspecified atom stereocenters. The van der Waals surface area contributed by atoms with Crippen molar-refractivity contribution >= 4 is 5.91 Å². The average Bonchev–Trinajstić information content (AvgIpc) is 2.49. The first kappa shape index (κ1) is 13.7. The van der Waals surface area contributed by atoms with Crippen molar-refractivity contribution in [3.05, 3.63) is 34.9 Å². The zero-order valence-corrected chi connectivity index (χ0v) is 12.5. The summed E-state index contributed by atoms with van der Waals surface area (Å²) < 4.78 is 0. The van der Waals surface area contributed by atoms with Gasteiger partial charge >= 0.3 is 0 Å². The Bertz CT molecular complexity index is 494. The van der Waals surface area contributed by atoms with Crippen molar-refractivity contribution in [2.75, 3.05) is 0 Å². The molecular weight excluding hydrogens is 246 g/mol. The van der Waals surface area contributed by atoms with Crippen molar-refractivity contribution in [2.24, 2.45) is 5.92 Å². The number of fused-ring (bicyclic) bond motifs is 1. The van der Waals surface area contributed by atoms with E-state index < -0.39 is 0 Å². The Morgan fingerprint density at radius 3 is 2.60 bits per heavy atom. The minimum atomic E-state index is 0.122. The van der Waals surface area contributed by atoms with E-state index in [2.05, 4.69) is 24.4 Å². The average molecular weight is 271 g/mol. The van der Waals surface area contributed by atoms with Crippen molar-refractivity contribution < 1.29 is 4.79 Å². The third kappa shape index (κ3) is 2.89. The monoisotopic (exact) mass is 271 g/mol. The molecule has 1 amide bonds. The van der Waals surface area contributed by atoms with Gasteiger partial charge in [-0.3, -0.25) is 4.79 Å². The summed E-state index contributed by atoms with van der Waals surface area (Å²) in [4.78, 5) is 12.4. The first-order valence-corrected chi connectivity index (χ1v) is 8.17. The number of benzene rings is 1. The molecule has 2 aliphatic rings. The van der Waals surface area contributed by atoms with Gasteiger partial charge in [0.1, 0.15) is 0 Å². The van der Waals surface area contributed by atoms with Gasteiger partial charge in [-0.2, -0.15) is 0 Å². The van der Waals surface area contributed by atoms with Crippen LogP contribution in [0.15, 0.2) is 18.2 Å². The Morgan fingerprint density at radius 1 is 1.05 bits per heavy atom. The molecule has 0 aliphatic heterocycles. The second-order valence-electron chi connectivity index (χ2n) is 6.53. The second-order valence-corrected chi connectivity index (χ2v) is 6.53. The van der Waals surface area contributed by atoms with Gasteiger partial charge in [0, 0.05) is 11.6 Å². The first-order valence-electron chi connectivity index (χ1n) is 8.17. The zero-order valence-electron chi connectivity index (χ0n) is 12.5. The van der Waals surface area contributed by atoms with Crippen LogP contribution >= 0.6 is 0 Å². The lowest BCUT2D eigenvalue weighted by Gasteiger charge is -2.29. The van der Waals surface area contributed by atoms with E-state index in [0.29, 0.717) is 12.0 Å². The molecule has 20 heavy (non-hydrogen) atoms. The number of carbonyl (C=O) groups is 1. The maximum atomic E-state index is 12.4. The van der Waals surface area contributed by atoms with Gasteiger partial charge in [0.15, 0.2) is 0 Å². The molecule has 2 aliphatic carbocycles. The van der Waals surface area contributed by atoms with Gasteiger partial charge in [0.25, 0.3) is 5.91 Å². The van der Waals surface area contributed by atoms with E-state index in [-0.39, 0.29) is 5.91 Å².